The number of aryl methyl sites for hydroxylation is 14. The van der Waals surface area contributed by atoms with Gasteiger partial charge in [-0.05, 0) is 211 Å². The first-order chi connectivity index (χ1) is 72.5. The molecule has 0 saturated heterocycles. The normalized spacial score (nSPS) is 12.5. The molecule has 0 spiro atoms. The zero-order valence-electron chi connectivity index (χ0n) is 94.8. The molecule has 14 heteroatoms. The average Bonchev–Trinajstić information content (AvgIpc) is 0.812. The van der Waals surface area contributed by atoms with Crippen LogP contribution in [0.25, 0.3) is 135 Å². The van der Waals surface area contributed by atoms with E-state index < -0.39 is 41.1 Å². The molecule has 10 nitrogen and oxygen atoms in total. The Morgan fingerprint density at radius 3 is 0.659 bits per heavy atom. The second kappa shape index (κ2) is 55.5. The Hall–Kier alpha value is -13.7. The van der Waals surface area contributed by atoms with Crippen molar-refractivity contribution >= 4 is 0 Å². The number of benzene rings is 10. The predicted molar refractivity (Wildman–Crippen MR) is 552 cm³/mol. The zero-order valence-corrected chi connectivity index (χ0v) is 86.3. The molecule has 0 amide bonds. The third-order valence-electron chi connectivity index (χ3n) is 21.0. The van der Waals surface area contributed by atoms with Crippen molar-refractivity contribution in [3.63, 3.8) is 0 Å². The second-order valence-electron chi connectivity index (χ2n) is 31.0. The van der Waals surface area contributed by atoms with Crippen LogP contribution in [0.1, 0.15) is 103 Å². The van der Waals surface area contributed by atoms with Crippen LogP contribution < -0.4 is 0 Å². The molecule has 0 saturated carbocycles. The first-order valence-electron chi connectivity index (χ1n) is 52.1. The Morgan fingerprint density at radius 1 is 0.174 bits per heavy atom. The molecule has 20 rings (SSSR count). The summed E-state index contributed by atoms with van der Waals surface area (Å²) in [7, 11) is 0. The Morgan fingerprint density at radius 2 is 0.428 bits per heavy atom. The van der Waals surface area contributed by atoms with Gasteiger partial charge in [0.05, 0.1) is 0 Å². The molecule has 20 aromatic rings. The van der Waals surface area contributed by atoms with Gasteiger partial charge in [-0.2, -0.15) is 0 Å². The number of pyridine rings is 10. The van der Waals surface area contributed by atoms with Crippen molar-refractivity contribution < 1.29 is 105 Å². The minimum atomic E-state index is -2.14. The van der Waals surface area contributed by atoms with Gasteiger partial charge in [0.15, 0.2) is 0 Å². The van der Waals surface area contributed by atoms with Crippen LogP contribution in [0.4, 0.5) is 0 Å². The minimum absolute atomic E-state index is 0. The van der Waals surface area contributed by atoms with Crippen molar-refractivity contribution in [3.05, 3.63) is 516 Å². The fourth-order valence-corrected chi connectivity index (χ4v) is 13.0. The molecule has 0 aliphatic rings. The van der Waals surface area contributed by atoms with E-state index in [2.05, 4.69) is 155 Å². The van der Waals surface area contributed by atoms with Crippen LogP contribution in [0.5, 0.6) is 0 Å². The molecule has 0 fully saturated rings. The van der Waals surface area contributed by atoms with E-state index in [0.717, 1.165) is 135 Å². The minimum Gasteiger partial charge on any atom is -0.304 e. The molecule has 4 radical (unpaired) electrons. The van der Waals surface area contributed by atoms with E-state index in [1.807, 2.05) is 262 Å². The number of hydrogen-bond donors (Lipinski definition) is 0. The van der Waals surface area contributed by atoms with Crippen molar-refractivity contribution in [2.45, 2.75) is 96.5 Å². The molecule has 10 heterocycles. The molecular formula is C124H106Ir4N10-8. The third-order valence-corrected chi connectivity index (χ3v) is 21.0. The maximum Gasteiger partial charge on any atom is 0.0288 e. The van der Waals surface area contributed by atoms with Gasteiger partial charge in [-0.3, -0.25) is 9.97 Å². The molecule has 696 valence electrons. The van der Waals surface area contributed by atoms with Crippen molar-refractivity contribution in [3.8, 4) is 135 Å². The van der Waals surface area contributed by atoms with E-state index in [4.69, 9.17) is 24.7 Å². The van der Waals surface area contributed by atoms with Crippen LogP contribution in [-0.4, -0.2) is 49.8 Å². The summed E-state index contributed by atoms with van der Waals surface area (Å²) in [5.74, 6) is 0. The molecule has 0 atom stereocenters. The summed E-state index contributed by atoms with van der Waals surface area (Å²) in [6.07, 6.45) is 15.9. The third kappa shape index (κ3) is 32.2. The van der Waals surface area contributed by atoms with Gasteiger partial charge >= 0.3 is 0 Å². The van der Waals surface area contributed by atoms with E-state index in [1.165, 1.54) is 65.0 Å². The average molecular weight is 2520 g/mol. The Balaban J connectivity index is 0.000000197. The van der Waals surface area contributed by atoms with Crippen molar-refractivity contribution in [1.82, 2.24) is 49.8 Å². The van der Waals surface area contributed by atoms with Crippen LogP contribution >= 0.6 is 0 Å². The number of nitrogens with zero attached hydrogens (tertiary/aromatic N) is 10. The molecule has 0 aliphatic heterocycles. The second-order valence-corrected chi connectivity index (χ2v) is 31.0. The maximum atomic E-state index is 7.49. The monoisotopic (exact) mass is 2520 g/mol. The smallest absolute Gasteiger partial charge is 0.0288 e. The summed E-state index contributed by atoms with van der Waals surface area (Å²) in [4.78, 5) is 42.8. The number of rotatable bonds is 12. The summed E-state index contributed by atoms with van der Waals surface area (Å²) in [5, 5.41) is 0. The van der Waals surface area contributed by atoms with E-state index in [9.17, 15) is 0 Å². The first-order valence-corrected chi connectivity index (χ1v) is 43.1. The van der Waals surface area contributed by atoms with Crippen molar-refractivity contribution in [1.29, 1.82) is 0 Å². The van der Waals surface area contributed by atoms with Crippen LogP contribution in [0.2, 0.25) is 0 Å². The standard InChI is InChI=1S/2C18H15N2.2C18H14N.4C13H12N.4Ir/c2*1-13-11-18(20-12-14(13)2)16-8-6-15(7-9-16)17-5-3-4-10-19-17;2*1-14-7-12-18(19-13-14)17-10-8-16(9-11-17)15-5-3-2-4-6-15;4*1-10-8-13(14-9-11(10)2)12-6-4-3-5-7-12;;;;/h2*3-8,10-12H,1-2H3;2*2-10,12-13H,1H3;4*3-6,8-9H,1-2H3;;;;/q8*-1;;;;/i2D3;;1D3;;4*2D3;;;;. The van der Waals surface area contributed by atoms with Crippen molar-refractivity contribution in [2.75, 3.05) is 0 Å². The molecule has 138 heavy (non-hydrogen) atoms. The quantitative estimate of drug-likeness (QED) is 0.109. The molecule has 0 N–H and O–H groups in total. The van der Waals surface area contributed by atoms with Gasteiger partial charge in [0, 0.05) is 178 Å². The molecule has 0 unspecified atom stereocenters. The maximum absolute atomic E-state index is 7.49. The predicted octanol–water partition coefficient (Wildman–Crippen LogP) is 30.2. The number of aromatic nitrogens is 10. The van der Waals surface area contributed by atoms with Gasteiger partial charge in [-0.1, -0.05) is 200 Å². The van der Waals surface area contributed by atoms with Crippen LogP contribution in [-0.2, 0) is 80.4 Å². The van der Waals surface area contributed by atoms with Gasteiger partial charge in [0.2, 0.25) is 0 Å². The summed E-state index contributed by atoms with van der Waals surface area (Å²) >= 11 is 0. The summed E-state index contributed by atoms with van der Waals surface area (Å²) in [6.45, 7) is 2.49. The Kier molecular flexibility index (Phi) is 33.6. The van der Waals surface area contributed by atoms with Crippen LogP contribution in [0.3, 0.4) is 0 Å². The van der Waals surface area contributed by atoms with Gasteiger partial charge < -0.3 is 39.9 Å². The van der Waals surface area contributed by atoms with Gasteiger partial charge in [-0.15, -0.1) is 263 Å². The van der Waals surface area contributed by atoms with Crippen LogP contribution in [0.15, 0.2) is 390 Å². The van der Waals surface area contributed by atoms with E-state index >= 15 is 0 Å². The summed E-state index contributed by atoms with van der Waals surface area (Å²) < 4.78 is 133. The van der Waals surface area contributed by atoms with Gasteiger partial charge in [0.1, 0.15) is 0 Å². The molecular weight excluding hydrogens is 2400 g/mol. The Bertz CT molecular complexity index is 7410. The summed E-state index contributed by atoms with van der Waals surface area (Å²) in [6, 6.07) is 130. The molecule has 10 aromatic carbocycles. The molecule has 0 bridgehead atoms. The molecule has 10 aromatic heterocycles. The van der Waals surface area contributed by atoms with Crippen LogP contribution in [0, 0.1) is 145 Å². The molecule has 0 aliphatic carbocycles. The van der Waals surface area contributed by atoms with E-state index in [-0.39, 0.29) is 91.5 Å². The van der Waals surface area contributed by atoms with E-state index in [1.54, 1.807) is 89.5 Å². The summed E-state index contributed by atoms with van der Waals surface area (Å²) in [5.41, 5.74) is 31.0. The van der Waals surface area contributed by atoms with Gasteiger partial charge in [-0.25, -0.2) is 0 Å². The Labute approximate surface area is 895 Å². The first kappa shape index (κ1) is 83.7. The largest absolute Gasteiger partial charge is 0.304 e. The van der Waals surface area contributed by atoms with Crippen molar-refractivity contribution in [2.24, 2.45) is 0 Å². The van der Waals surface area contributed by atoms with Gasteiger partial charge in [0.25, 0.3) is 0 Å². The van der Waals surface area contributed by atoms with E-state index in [0.29, 0.717) is 39.2 Å². The SMILES string of the molecule is Cc1ccc(-c2[c-]cc(-c3ccccc3)cc2)nc1.Cc1cnc(-c2[c-]cc(-c3ccccn3)cc2)cc1C.[2H]C([2H])([2H])c1ccc(-c2[c-]cc(-c3ccccc3)cc2)nc1.[2H]C([2H])([2H])c1cnc(-c2[c-]cc(-c3ccccn3)cc2)cc1C.[2H]C([2H])([2H])c1cnc(-c2[c-]cccc2)cc1C.[2H]C([2H])([2H])c1cnc(-c2[c-]cccc2)cc1C.[2H]C([2H])([2H])c1cnc(-c2[c-]cccc2)cc1C.[2H]C([2H])([2H])c1cnc(-c2[c-]cccc2)cc1C.[Ir].[Ir].[Ir].[Ir]. The fourth-order valence-electron chi connectivity index (χ4n) is 13.0. The zero-order chi connectivity index (χ0) is 109. The fraction of sp³-hybridized carbons (Fsp3) is 0.113. The number of hydrogen-bond acceptors (Lipinski definition) is 10. The topological polar surface area (TPSA) is 129 Å².